The Bertz CT molecular complexity index is 406. The van der Waals surface area contributed by atoms with E-state index in [4.69, 9.17) is 0 Å². The van der Waals surface area contributed by atoms with E-state index in [-0.39, 0.29) is 0 Å². The van der Waals surface area contributed by atoms with Gasteiger partial charge in [-0.1, -0.05) is 35.8 Å². The molecule has 0 aromatic heterocycles. The third-order valence-corrected chi connectivity index (χ3v) is 4.44. The molecule has 106 valence electrons. The molecule has 19 heavy (non-hydrogen) atoms. The summed E-state index contributed by atoms with van der Waals surface area (Å²) in [6.45, 7) is 7.78. The number of benzene rings is 1. The van der Waals surface area contributed by atoms with Crippen LogP contribution in [-0.2, 0) is 6.54 Å². The number of halogens is 1. The zero-order valence-corrected chi connectivity index (χ0v) is 13.7. The van der Waals surface area contributed by atoms with E-state index in [0.717, 1.165) is 19.1 Å². The zero-order chi connectivity index (χ0) is 13.7. The molecule has 1 heterocycles. The molecule has 1 atom stereocenters. The number of hydrogen-bond acceptors (Lipinski definition) is 2. The predicted octanol–water partition coefficient (Wildman–Crippen LogP) is 4.33. The number of hydrogen-bond donors (Lipinski definition) is 1. The Morgan fingerprint density at radius 3 is 2.95 bits per heavy atom. The van der Waals surface area contributed by atoms with E-state index in [1.54, 1.807) is 0 Å². The van der Waals surface area contributed by atoms with Crippen molar-refractivity contribution in [2.45, 2.75) is 52.1 Å². The van der Waals surface area contributed by atoms with Gasteiger partial charge in [0.15, 0.2) is 0 Å². The molecule has 1 aliphatic rings. The molecule has 3 heteroatoms. The van der Waals surface area contributed by atoms with Crippen LogP contribution >= 0.6 is 15.9 Å². The summed E-state index contributed by atoms with van der Waals surface area (Å²) in [5, 5.41) is 3.53. The van der Waals surface area contributed by atoms with Gasteiger partial charge >= 0.3 is 0 Å². The van der Waals surface area contributed by atoms with Crippen molar-refractivity contribution in [2.75, 3.05) is 18.0 Å². The molecule has 1 aromatic carbocycles. The molecule has 0 amide bonds. The van der Waals surface area contributed by atoms with Gasteiger partial charge in [0.25, 0.3) is 0 Å². The van der Waals surface area contributed by atoms with E-state index in [9.17, 15) is 0 Å². The molecule has 1 N–H and O–H groups in total. The minimum absolute atomic E-state index is 0.722. The van der Waals surface area contributed by atoms with Gasteiger partial charge in [-0.15, -0.1) is 0 Å². The van der Waals surface area contributed by atoms with Crippen molar-refractivity contribution >= 4 is 21.6 Å². The standard InChI is InChI=1S/C16H25BrN2/c1-3-9-18-12-13-7-8-14(17)11-16(13)19-10-5-6-15(19)4-2/h7-8,11,15,18H,3-6,9-10,12H2,1-2H3. The second kappa shape index (κ2) is 7.30. The highest BCUT2D eigenvalue weighted by Gasteiger charge is 2.24. The summed E-state index contributed by atoms with van der Waals surface area (Å²) in [5.41, 5.74) is 2.85. The second-order valence-electron chi connectivity index (χ2n) is 5.35. The van der Waals surface area contributed by atoms with Gasteiger partial charge in [-0.25, -0.2) is 0 Å². The maximum Gasteiger partial charge on any atom is 0.0425 e. The Morgan fingerprint density at radius 2 is 2.21 bits per heavy atom. The highest BCUT2D eigenvalue weighted by molar-refractivity contribution is 9.10. The highest BCUT2D eigenvalue weighted by atomic mass is 79.9. The van der Waals surface area contributed by atoms with E-state index >= 15 is 0 Å². The molecule has 0 aliphatic carbocycles. The lowest BCUT2D eigenvalue weighted by molar-refractivity contribution is 0.636. The molecular weight excluding hydrogens is 300 g/mol. The smallest absolute Gasteiger partial charge is 0.0425 e. The summed E-state index contributed by atoms with van der Waals surface area (Å²) in [7, 11) is 0. The van der Waals surface area contributed by atoms with Crippen molar-refractivity contribution in [3.63, 3.8) is 0 Å². The predicted molar refractivity (Wildman–Crippen MR) is 86.8 cm³/mol. The Hall–Kier alpha value is -0.540. The highest BCUT2D eigenvalue weighted by Crippen LogP contribution is 2.32. The van der Waals surface area contributed by atoms with Crippen LogP contribution in [0.2, 0.25) is 0 Å². The zero-order valence-electron chi connectivity index (χ0n) is 12.1. The summed E-state index contributed by atoms with van der Waals surface area (Å²) >= 11 is 3.62. The van der Waals surface area contributed by atoms with Crippen molar-refractivity contribution < 1.29 is 0 Å². The average Bonchev–Trinajstić information content (AvgIpc) is 2.88. The van der Waals surface area contributed by atoms with Crippen LogP contribution in [0.25, 0.3) is 0 Å². The normalized spacial score (nSPS) is 19.1. The van der Waals surface area contributed by atoms with Crippen LogP contribution in [0.5, 0.6) is 0 Å². The molecule has 1 aliphatic heterocycles. The topological polar surface area (TPSA) is 15.3 Å². The number of nitrogens with one attached hydrogen (secondary N) is 1. The van der Waals surface area contributed by atoms with E-state index in [0.29, 0.717) is 0 Å². The number of anilines is 1. The first kappa shape index (κ1) is 14.9. The van der Waals surface area contributed by atoms with Crippen molar-refractivity contribution in [1.82, 2.24) is 5.32 Å². The Balaban J connectivity index is 2.18. The summed E-state index contributed by atoms with van der Waals surface area (Å²) in [5.74, 6) is 0. The first-order chi connectivity index (χ1) is 9.26. The molecule has 0 bridgehead atoms. The van der Waals surface area contributed by atoms with Gasteiger partial charge in [-0.2, -0.15) is 0 Å². The first-order valence-electron chi connectivity index (χ1n) is 7.52. The van der Waals surface area contributed by atoms with Gasteiger partial charge in [-0.05, 0) is 49.9 Å². The van der Waals surface area contributed by atoms with E-state index in [1.165, 1.54) is 48.0 Å². The number of rotatable bonds is 6. The Morgan fingerprint density at radius 1 is 1.37 bits per heavy atom. The first-order valence-corrected chi connectivity index (χ1v) is 8.31. The van der Waals surface area contributed by atoms with Crippen molar-refractivity contribution in [3.8, 4) is 0 Å². The largest absolute Gasteiger partial charge is 0.368 e. The quantitative estimate of drug-likeness (QED) is 0.783. The maximum absolute atomic E-state index is 3.62. The minimum Gasteiger partial charge on any atom is -0.368 e. The lowest BCUT2D eigenvalue weighted by Crippen LogP contribution is -2.30. The Kier molecular flexibility index (Phi) is 5.71. The third-order valence-electron chi connectivity index (χ3n) is 3.95. The van der Waals surface area contributed by atoms with Crippen LogP contribution in [-0.4, -0.2) is 19.1 Å². The fourth-order valence-electron chi connectivity index (χ4n) is 2.93. The molecule has 2 nitrogen and oxygen atoms in total. The molecule has 1 fully saturated rings. The third kappa shape index (κ3) is 3.73. The number of nitrogens with zero attached hydrogens (tertiary/aromatic N) is 1. The summed E-state index contributed by atoms with van der Waals surface area (Å²) in [4.78, 5) is 2.60. The van der Waals surface area contributed by atoms with Crippen LogP contribution < -0.4 is 10.2 Å². The van der Waals surface area contributed by atoms with Crippen molar-refractivity contribution in [1.29, 1.82) is 0 Å². The summed E-state index contributed by atoms with van der Waals surface area (Å²) < 4.78 is 1.18. The van der Waals surface area contributed by atoms with Crippen LogP contribution in [0.4, 0.5) is 5.69 Å². The van der Waals surface area contributed by atoms with Crippen LogP contribution in [0, 0.1) is 0 Å². The fourth-order valence-corrected chi connectivity index (χ4v) is 3.28. The van der Waals surface area contributed by atoms with Crippen molar-refractivity contribution in [2.24, 2.45) is 0 Å². The maximum atomic E-state index is 3.62. The molecule has 1 saturated heterocycles. The SMILES string of the molecule is CCCNCc1ccc(Br)cc1N1CCCC1CC. The lowest BCUT2D eigenvalue weighted by Gasteiger charge is -2.28. The van der Waals surface area contributed by atoms with Gasteiger partial charge in [-0.3, -0.25) is 0 Å². The van der Waals surface area contributed by atoms with Gasteiger partial charge in [0.05, 0.1) is 0 Å². The summed E-state index contributed by atoms with van der Waals surface area (Å²) in [6, 6.07) is 7.42. The molecule has 0 radical (unpaired) electrons. The second-order valence-corrected chi connectivity index (χ2v) is 6.26. The van der Waals surface area contributed by atoms with Crippen LogP contribution in [0.15, 0.2) is 22.7 Å². The van der Waals surface area contributed by atoms with Gasteiger partial charge in [0, 0.05) is 29.3 Å². The van der Waals surface area contributed by atoms with E-state index in [2.05, 4.69) is 58.2 Å². The molecule has 2 rings (SSSR count). The minimum atomic E-state index is 0.722. The molecular formula is C16H25BrN2. The molecule has 1 aromatic rings. The van der Waals surface area contributed by atoms with Crippen molar-refractivity contribution in [3.05, 3.63) is 28.2 Å². The van der Waals surface area contributed by atoms with Gasteiger partial charge < -0.3 is 10.2 Å². The molecule has 0 saturated carbocycles. The molecule has 1 unspecified atom stereocenters. The van der Waals surface area contributed by atoms with E-state index in [1.807, 2.05) is 0 Å². The Labute approximate surface area is 125 Å². The fraction of sp³-hybridized carbons (Fsp3) is 0.625. The monoisotopic (exact) mass is 324 g/mol. The molecule has 0 spiro atoms. The van der Waals surface area contributed by atoms with Gasteiger partial charge in [0.1, 0.15) is 0 Å². The average molecular weight is 325 g/mol. The lowest BCUT2D eigenvalue weighted by atomic mass is 10.1. The van der Waals surface area contributed by atoms with Crippen LogP contribution in [0.1, 0.15) is 45.1 Å². The van der Waals surface area contributed by atoms with Crippen LogP contribution in [0.3, 0.4) is 0 Å². The summed E-state index contributed by atoms with van der Waals surface area (Å²) in [6.07, 6.45) is 5.10. The van der Waals surface area contributed by atoms with E-state index < -0.39 is 0 Å². The van der Waals surface area contributed by atoms with Gasteiger partial charge in [0.2, 0.25) is 0 Å².